The van der Waals surface area contributed by atoms with E-state index >= 15 is 0 Å². The molecule has 4 aromatic rings. The van der Waals surface area contributed by atoms with Gasteiger partial charge in [0.05, 0.1) is 40.9 Å². The van der Waals surface area contributed by atoms with Gasteiger partial charge in [0.1, 0.15) is 95.4 Å². The molecule has 0 aliphatic carbocycles. The molecule has 10 atom stereocenters. The van der Waals surface area contributed by atoms with Crippen molar-refractivity contribution in [1.82, 2.24) is 0 Å². The van der Waals surface area contributed by atoms with E-state index in [1.54, 1.807) is 6.92 Å². The molecule has 12 N–H and O–H groups in total. The number of carbonyl (C=O) groups excluding carboxylic acids is 1. The number of phenolic OH excluding ortho intramolecular Hbond substituents is 4. The number of hydrogen-bond donors (Lipinski definition) is 12. The minimum atomic E-state index is -1.91. The first-order valence-corrected chi connectivity index (χ1v) is 17.2. The van der Waals surface area contributed by atoms with Crippen LogP contribution in [-0.2, 0) is 15.9 Å². The molecule has 2 aliphatic rings. The van der Waals surface area contributed by atoms with Gasteiger partial charge < -0.3 is 75.2 Å². The third-order valence-corrected chi connectivity index (χ3v) is 10.3. The predicted octanol–water partition coefficient (Wildman–Crippen LogP) is -0.337. The van der Waals surface area contributed by atoms with Gasteiger partial charge in [0.25, 0.3) is 0 Å². The highest BCUT2D eigenvalue weighted by Crippen LogP contribution is 2.46. The maximum absolute atomic E-state index is 14.1. The van der Waals surface area contributed by atoms with Crippen molar-refractivity contribution in [1.29, 1.82) is 0 Å². The highest BCUT2D eigenvalue weighted by atomic mass is 16.6. The van der Waals surface area contributed by atoms with Crippen molar-refractivity contribution >= 4 is 16.8 Å². The predicted molar refractivity (Wildman–Crippen MR) is 189 cm³/mol. The van der Waals surface area contributed by atoms with Gasteiger partial charge in [0, 0.05) is 12.5 Å². The minimum absolute atomic E-state index is 0.0672. The summed E-state index contributed by atoms with van der Waals surface area (Å²) in [5.74, 6) is -3.57. The van der Waals surface area contributed by atoms with Crippen molar-refractivity contribution in [3.8, 4) is 34.3 Å². The van der Waals surface area contributed by atoms with Gasteiger partial charge >= 0.3 is 0 Å². The molecule has 17 nitrogen and oxygen atoms in total. The van der Waals surface area contributed by atoms with Crippen LogP contribution in [0.25, 0.3) is 22.3 Å². The number of fused-ring (bicyclic) bond motifs is 1. The highest BCUT2D eigenvalue weighted by molar-refractivity contribution is 6.03. The molecule has 0 spiro atoms. The van der Waals surface area contributed by atoms with Crippen LogP contribution < -0.4 is 5.43 Å². The molecule has 2 fully saturated rings. The van der Waals surface area contributed by atoms with Gasteiger partial charge in [-0.2, -0.15) is 0 Å². The summed E-state index contributed by atoms with van der Waals surface area (Å²) in [6.45, 7) is 2.92. The van der Waals surface area contributed by atoms with E-state index in [9.17, 15) is 70.9 Å². The molecule has 0 unspecified atom stereocenters. The number of aromatic hydroxyl groups is 4. The standard InChI is InChI=1S/C38H42O17/c1-12-4-15(8-19(44)24-13(2)6-17(42)27(31(24)48)37-34(51)32(49)29(46)22(10-39)54-37)26(16(41)5-12)21-9-20(45)25-14(3)7-18(43)28(36(25)53-21)38-35(52)33(50)30(47)23(11-40)55-38/h4-7,9,22-23,29-30,32-35,37-43,46-52H,8,10-11H2,1-3H3/t22-,23+,29-,30+,32+,33-,34-,35+,37+,38-/m1/s1. The molecule has 2 saturated heterocycles. The van der Waals surface area contributed by atoms with Crippen molar-refractivity contribution < 1.29 is 80.0 Å². The number of ketones is 1. The van der Waals surface area contributed by atoms with Crippen molar-refractivity contribution in [2.45, 2.75) is 88.2 Å². The van der Waals surface area contributed by atoms with Crippen LogP contribution in [0, 0.1) is 20.8 Å². The fraction of sp³-hybridized carbons (Fsp3) is 0.421. The van der Waals surface area contributed by atoms with Crippen LogP contribution in [0.1, 0.15) is 55.9 Å². The second kappa shape index (κ2) is 15.1. The molecule has 17 heteroatoms. The number of carbonyl (C=O) groups is 1. The second-order valence-electron chi connectivity index (χ2n) is 14.1. The summed E-state index contributed by atoms with van der Waals surface area (Å²) < 4.78 is 17.4. The minimum Gasteiger partial charge on any atom is -0.507 e. The third kappa shape index (κ3) is 6.82. The van der Waals surface area contributed by atoms with E-state index in [1.807, 2.05) is 0 Å². The fourth-order valence-corrected chi connectivity index (χ4v) is 7.56. The van der Waals surface area contributed by atoms with E-state index in [4.69, 9.17) is 13.9 Å². The SMILES string of the molecule is Cc1cc(O)c(-c2cc(=O)c3c(C)cc(O)c([C@H]4O[C@@H](CO)[C@H](O)[C@@H](O)[C@@H]4O)c3o2)c(CC(=O)c2c(C)cc(O)c([C@@H]3O[C@H](CO)[C@@H](O)[C@H](O)[C@H]3O)c2O)c1. The quantitative estimate of drug-likeness (QED) is 0.102. The molecule has 0 saturated carbocycles. The Hall–Kier alpha value is -4.66. The lowest BCUT2D eigenvalue weighted by Crippen LogP contribution is -2.55. The molecule has 0 radical (unpaired) electrons. The first-order chi connectivity index (χ1) is 25.9. The molecule has 55 heavy (non-hydrogen) atoms. The summed E-state index contributed by atoms with van der Waals surface area (Å²) in [4.78, 5) is 27.9. The van der Waals surface area contributed by atoms with Gasteiger partial charge in [-0.15, -0.1) is 0 Å². The Morgan fingerprint density at radius 2 is 1.18 bits per heavy atom. The lowest BCUT2D eigenvalue weighted by atomic mass is 9.86. The smallest absolute Gasteiger partial charge is 0.193 e. The Morgan fingerprint density at radius 1 is 0.655 bits per heavy atom. The molecular formula is C38H42O17. The average molecular weight is 771 g/mol. The number of aliphatic hydroxyl groups excluding tert-OH is 8. The van der Waals surface area contributed by atoms with Crippen LogP contribution in [0.5, 0.6) is 23.0 Å². The van der Waals surface area contributed by atoms with Gasteiger partial charge in [0.15, 0.2) is 11.2 Å². The Morgan fingerprint density at radius 3 is 1.75 bits per heavy atom. The monoisotopic (exact) mass is 770 g/mol. The van der Waals surface area contributed by atoms with E-state index in [0.717, 1.165) is 12.1 Å². The topological polar surface area (TPSA) is 308 Å². The van der Waals surface area contributed by atoms with E-state index in [1.165, 1.54) is 32.0 Å². The van der Waals surface area contributed by atoms with E-state index in [-0.39, 0.29) is 50.1 Å². The van der Waals surface area contributed by atoms with Crippen LogP contribution >= 0.6 is 0 Å². The first-order valence-electron chi connectivity index (χ1n) is 17.2. The number of Topliss-reactive ketones (excluding diaryl/α,β-unsaturated/α-hetero) is 1. The molecular weight excluding hydrogens is 728 g/mol. The highest BCUT2D eigenvalue weighted by Gasteiger charge is 2.47. The molecule has 3 aromatic carbocycles. The van der Waals surface area contributed by atoms with Crippen LogP contribution in [0.4, 0.5) is 0 Å². The lowest BCUT2D eigenvalue weighted by molar-refractivity contribution is -0.232. The lowest BCUT2D eigenvalue weighted by Gasteiger charge is -2.40. The van der Waals surface area contributed by atoms with Gasteiger partial charge in [0.2, 0.25) is 0 Å². The van der Waals surface area contributed by atoms with Crippen molar-refractivity contribution in [3.05, 3.63) is 79.5 Å². The molecule has 1 aromatic heterocycles. The van der Waals surface area contributed by atoms with E-state index < -0.39 is 120 Å². The molecule has 3 heterocycles. The van der Waals surface area contributed by atoms with Crippen LogP contribution in [0.2, 0.25) is 0 Å². The van der Waals surface area contributed by atoms with E-state index in [0.29, 0.717) is 5.56 Å². The fourth-order valence-electron chi connectivity index (χ4n) is 7.56. The summed E-state index contributed by atoms with van der Waals surface area (Å²) in [6.07, 6.45) is -17.7. The van der Waals surface area contributed by atoms with Crippen molar-refractivity contribution in [2.75, 3.05) is 13.2 Å². The first kappa shape index (κ1) is 40.0. The molecule has 0 bridgehead atoms. The number of aliphatic hydroxyl groups is 8. The van der Waals surface area contributed by atoms with Crippen LogP contribution in [-0.4, -0.2) is 129 Å². The molecule has 2 aliphatic heterocycles. The summed E-state index contributed by atoms with van der Waals surface area (Å²) in [5.41, 5.74) is -1.54. The van der Waals surface area contributed by atoms with Crippen LogP contribution in [0.15, 0.2) is 39.5 Å². The zero-order chi connectivity index (χ0) is 40.4. The Balaban J connectivity index is 1.48. The van der Waals surface area contributed by atoms with Gasteiger partial charge in [-0.25, -0.2) is 0 Å². The number of phenols is 4. The second-order valence-corrected chi connectivity index (χ2v) is 14.1. The Bertz CT molecular complexity index is 2190. The van der Waals surface area contributed by atoms with Gasteiger partial charge in [-0.05, 0) is 61.2 Å². The van der Waals surface area contributed by atoms with Crippen LogP contribution in [0.3, 0.4) is 0 Å². The number of ether oxygens (including phenoxy) is 2. The largest absolute Gasteiger partial charge is 0.507 e. The summed E-state index contributed by atoms with van der Waals surface area (Å²) in [5, 5.41) is 127. The maximum atomic E-state index is 14.1. The summed E-state index contributed by atoms with van der Waals surface area (Å²) >= 11 is 0. The molecule has 0 amide bonds. The Kier molecular flexibility index (Phi) is 11.0. The number of rotatable bonds is 8. The number of benzene rings is 3. The molecule has 296 valence electrons. The summed E-state index contributed by atoms with van der Waals surface area (Å²) in [6, 6.07) is 6.15. The van der Waals surface area contributed by atoms with E-state index in [2.05, 4.69) is 0 Å². The van der Waals surface area contributed by atoms with Gasteiger partial charge in [-0.3, -0.25) is 9.59 Å². The maximum Gasteiger partial charge on any atom is 0.193 e. The van der Waals surface area contributed by atoms with Gasteiger partial charge in [-0.1, -0.05) is 6.07 Å². The zero-order valence-electron chi connectivity index (χ0n) is 29.7. The third-order valence-electron chi connectivity index (χ3n) is 10.3. The number of aryl methyl sites for hydroxylation is 3. The summed E-state index contributed by atoms with van der Waals surface area (Å²) in [7, 11) is 0. The zero-order valence-corrected chi connectivity index (χ0v) is 29.7. The Labute approximate surface area is 311 Å². The van der Waals surface area contributed by atoms with Crippen molar-refractivity contribution in [3.63, 3.8) is 0 Å². The average Bonchev–Trinajstić information content (AvgIpc) is 3.10. The number of hydrogen-bond acceptors (Lipinski definition) is 17. The van der Waals surface area contributed by atoms with Crippen molar-refractivity contribution in [2.24, 2.45) is 0 Å². The normalized spacial score (nSPS) is 28.4. The molecule has 6 rings (SSSR count).